The number of furan rings is 1. The van der Waals surface area contributed by atoms with E-state index >= 15 is 0 Å². The van der Waals surface area contributed by atoms with Gasteiger partial charge in [0.1, 0.15) is 11.2 Å². The van der Waals surface area contributed by atoms with Crippen molar-refractivity contribution >= 4 is 93.1 Å². The third-order valence-electron chi connectivity index (χ3n) is 13.0. The van der Waals surface area contributed by atoms with Gasteiger partial charge in [-0.25, -0.2) is 0 Å². The maximum Gasteiger partial charge on any atom is 0.143 e. The number of para-hydroxylation sites is 2. The Morgan fingerprint density at radius 3 is 1.78 bits per heavy atom. The molecule has 0 aliphatic rings. The Hall–Kier alpha value is -8.40. The van der Waals surface area contributed by atoms with Crippen LogP contribution >= 0.6 is 0 Å². The van der Waals surface area contributed by atoms with Gasteiger partial charge in [-0.15, -0.1) is 0 Å². The zero-order chi connectivity index (χ0) is 41.4. The molecule has 0 aliphatic carbocycles. The summed E-state index contributed by atoms with van der Waals surface area (Å²) in [5, 5.41) is 11.7. The van der Waals surface area contributed by atoms with Crippen molar-refractivity contribution in [2.75, 3.05) is 4.90 Å². The van der Waals surface area contributed by atoms with Crippen LogP contribution < -0.4 is 4.90 Å². The molecule has 11 aromatic carbocycles. The van der Waals surface area contributed by atoms with E-state index in [1.807, 2.05) is 6.07 Å². The molecule has 0 aliphatic heterocycles. The van der Waals surface area contributed by atoms with Crippen molar-refractivity contribution in [3.05, 3.63) is 231 Å². The quantitative estimate of drug-likeness (QED) is 0.167. The Balaban J connectivity index is 1.01. The lowest BCUT2D eigenvalue weighted by Crippen LogP contribution is -2.11. The number of nitrogens with zero attached hydrogens (tertiary/aromatic N) is 2. The molecule has 0 amide bonds. The number of hydrogen-bond acceptors (Lipinski definition) is 2. The van der Waals surface area contributed by atoms with E-state index in [0.717, 1.165) is 55.3 Å². The fraction of sp³-hybridized carbons (Fsp3) is 0. The molecule has 294 valence electrons. The van der Waals surface area contributed by atoms with Crippen LogP contribution in [0.15, 0.2) is 235 Å². The maximum atomic E-state index is 6.59. The van der Waals surface area contributed by atoms with E-state index in [1.165, 1.54) is 65.7 Å². The summed E-state index contributed by atoms with van der Waals surface area (Å²) in [4.78, 5) is 2.45. The van der Waals surface area contributed by atoms with Crippen molar-refractivity contribution in [2.45, 2.75) is 0 Å². The highest BCUT2D eigenvalue weighted by atomic mass is 16.3. The van der Waals surface area contributed by atoms with E-state index in [-0.39, 0.29) is 0 Å². The second kappa shape index (κ2) is 14.1. The van der Waals surface area contributed by atoms with E-state index in [0.29, 0.717) is 0 Å². The van der Waals surface area contributed by atoms with Crippen molar-refractivity contribution in [3.63, 3.8) is 0 Å². The number of rotatable bonds is 6. The Labute approximate surface area is 363 Å². The van der Waals surface area contributed by atoms with E-state index in [2.05, 4.69) is 234 Å². The van der Waals surface area contributed by atoms with Gasteiger partial charge >= 0.3 is 0 Å². The summed E-state index contributed by atoms with van der Waals surface area (Å²) in [6, 6.07) is 83.5. The summed E-state index contributed by atoms with van der Waals surface area (Å²) < 4.78 is 9.02. The van der Waals surface area contributed by atoms with Crippen molar-refractivity contribution in [1.82, 2.24) is 4.57 Å². The standard InChI is InChI=1S/C60H38N2O/c1-2-15-40(16-3-1)44-34-36-56(47-21-7-6-20-46(44)47)61(58-38-53-50-24-11-13-28-59(50)63-60(53)51-25-9-8-22-48(51)58)43-32-29-39(30-33-43)42-31-35-57-52(37-42)49-23-10-12-26-55(49)62(57)54-27-14-18-41-17-4-5-19-45(41)54/h1-38H. The average Bonchev–Trinajstić information content (AvgIpc) is 3.90. The summed E-state index contributed by atoms with van der Waals surface area (Å²) in [5.41, 5.74) is 13.4. The van der Waals surface area contributed by atoms with Gasteiger partial charge in [0.25, 0.3) is 0 Å². The maximum absolute atomic E-state index is 6.59. The third-order valence-corrected chi connectivity index (χ3v) is 13.0. The lowest BCUT2D eigenvalue weighted by atomic mass is 9.95. The van der Waals surface area contributed by atoms with E-state index in [1.54, 1.807) is 0 Å². The molecule has 3 nitrogen and oxygen atoms in total. The van der Waals surface area contributed by atoms with Crippen LogP contribution in [0.3, 0.4) is 0 Å². The predicted molar refractivity (Wildman–Crippen MR) is 266 cm³/mol. The first-order valence-corrected chi connectivity index (χ1v) is 21.6. The lowest BCUT2D eigenvalue weighted by molar-refractivity contribution is 0.672. The molecular weight excluding hydrogens is 765 g/mol. The normalized spacial score (nSPS) is 11.8. The van der Waals surface area contributed by atoms with E-state index in [4.69, 9.17) is 4.42 Å². The first-order chi connectivity index (χ1) is 31.3. The van der Waals surface area contributed by atoms with Crippen LogP contribution in [-0.4, -0.2) is 4.57 Å². The van der Waals surface area contributed by atoms with Gasteiger partial charge in [-0.2, -0.15) is 0 Å². The molecule has 0 unspecified atom stereocenters. The molecule has 3 heteroatoms. The van der Waals surface area contributed by atoms with Gasteiger partial charge in [0.15, 0.2) is 0 Å². The first kappa shape index (κ1) is 35.4. The second-order valence-electron chi connectivity index (χ2n) is 16.4. The van der Waals surface area contributed by atoms with Crippen LogP contribution in [0.5, 0.6) is 0 Å². The van der Waals surface area contributed by atoms with E-state index < -0.39 is 0 Å². The minimum absolute atomic E-state index is 0.889. The molecule has 63 heavy (non-hydrogen) atoms. The molecule has 2 heterocycles. The van der Waals surface area contributed by atoms with Crippen LogP contribution in [0.25, 0.3) is 104 Å². The Kier molecular flexibility index (Phi) is 7.91. The molecule has 0 fully saturated rings. The van der Waals surface area contributed by atoms with Crippen LogP contribution in [0.2, 0.25) is 0 Å². The van der Waals surface area contributed by atoms with Gasteiger partial charge in [-0.05, 0) is 87.6 Å². The number of benzene rings is 11. The Morgan fingerprint density at radius 2 is 0.952 bits per heavy atom. The number of anilines is 3. The number of hydrogen-bond donors (Lipinski definition) is 0. The highest BCUT2D eigenvalue weighted by Crippen LogP contribution is 2.48. The van der Waals surface area contributed by atoms with Gasteiger partial charge < -0.3 is 13.9 Å². The fourth-order valence-electron chi connectivity index (χ4n) is 10.1. The van der Waals surface area contributed by atoms with Gasteiger partial charge in [0.2, 0.25) is 0 Å². The summed E-state index contributed by atoms with van der Waals surface area (Å²) in [7, 11) is 0. The minimum Gasteiger partial charge on any atom is -0.455 e. The zero-order valence-corrected chi connectivity index (χ0v) is 34.2. The smallest absolute Gasteiger partial charge is 0.143 e. The molecular formula is C60H38N2O. The Morgan fingerprint density at radius 1 is 0.333 bits per heavy atom. The molecule has 0 radical (unpaired) electrons. The molecule has 0 saturated heterocycles. The summed E-state index contributed by atoms with van der Waals surface area (Å²) in [6.45, 7) is 0. The monoisotopic (exact) mass is 802 g/mol. The summed E-state index contributed by atoms with van der Waals surface area (Å²) >= 11 is 0. The number of aromatic nitrogens is 1. The van der Waals surface area contributed by atoms with Crippen LogP contribution in [0.4, 0.5) is 17.1 Å². The van der Waals surface area contributed by atoms with Gasteiger partial charge in [0.05, 0.1) is 28.1 Å². The summed E-state index contributed by atoms with van der Waals surface area (Å²) in [6.07, 6.45) is 0. The molecule has 0 N–H and O–H groups in total. The number of fused-ring (bicyclic) bond motifs is 10. The van der Waals surface area contributed by atoms with Gasteiger partial charge in [0, 0.05) is 48.8 Å². The molecule has 0 spiro atoms. The summed E-state index contributed by atoms with van der Waals surface area (Å²) in [5.74, 6) is 0. The van der Waals surface area contributed by atoms with Crippen molar-refractivity contribution in [3.8, 4) is 27.9 Å². The SMILES string of the molecule is c1ccc(-c2ccc(N(c3ccc(-c4ccc5c(c4)c4ccccc4n5-c4cccc5ccccc45)cc3)c3cc4c5ccccc5oc4c4ccccc34)c3ccccc23)cc1. The fourth-order valence-corrected chi connectivity index (χ4v) is 10.1. The molecule has 2 aromatic heterocycles. The average molecular weight is 803 g/mol. The third kappa shape index (κ3) is 5.53. The lowest BCUT2D eigenvalue weighted by Gasteiger charge is -2.29. The largest absolute Gasteiger partial charge is 0.455 e. The highest BCUT2D eigenvalue weighted by molar-refractivity contribution is 6.20. The second-order valence-corrected chi connectivity index (χ2v) is 16.4. The molecule has 0 atom stereocenters. The topological polar surface area (TPSA) is 21.3 Å². The van der Waals surface area contributed by atoms with Gasteiger partial charge in [-0.3, -0.25) is 0 Å². The van der Waals surface area contributed by atoms with Gasteiger partial charge in [-0.1, -0.05) is 176 Å². The molecule has 13 aromatic rings. The predicted octanol–water partition coefficient (Wildman–Crippen LogP) is 16.9. The van der Waals surface area contributed by atoms with Crippen molar-refractivity contribution in [1.29, 1.82) is 0 Å². The molecule has 13 rings (SSSR count). The zero-order valence-electron chi connectivity index (χ0n) is 34.2. The minimum atomic E-state index is 0.889. The van der Waals surface area contributed by atoms with Crippen LogP contribution in [0, 0.1) is 0 Å². The van der Waals surface area contributed by atoms with Crippen LogP contribution in [-0.2, 0) is 0 Å². The Bertz CT molecular complexity index is 3910. The molecule has 0 saturated carbocycles. The first-order valence-electron chi connectivity index (χ1n) is 21.6. The van der Waals surface area contributed by atoms with E-state index in [9.17, 15) is 0 Å². The van der Waals surface area contributed by atoms with Crippen molar-refractivity contribution < 1.29 is 4.42 Å². The van der Waals surface area contributed by atoms with Crippen molar-refractivity contribution in [2.24, 2.45) is 0 Å². The van der Waals surface area contributed by atoms with Crippen LogP contribution in [0.1, 0.15) is 0 Å². The molecule has 0 bridgehead atoms. The highest BCUT2D eigenvalue weighted by Gasteiger charge is 2.23.